The van der Waals surface area contributed by atoms with Gasteiger partial charge in [-0.2, -0.15) is 0 Å². The first-order valence-corrected chi connectivity index (χ1v) is 8.98. The summed E-state index contributed by atoms with van der Waals surface area (Å²) >= 11 is 1.43. The van der Waals surface area contributed by atoms with E-state index in [9.17, 15) is 14.9 Å². The lowest BCUT2D eigenvalue weighted by atomic mass is 10.1. The van der Waals surface area contributed by atoms with Crippen molar-refractivity contribution in [1.29, 1.82) is 0 Å². The highest BCUT2D eigenvalue weighted by atomic mass is 32.2. The summed E-state index contributed by atoms with van der Waals surface area (Å²) in [4.78, 5) is 25.0. The number of non-ortho nitro benzene ring substituents is 1. The van der Waals surface area contributed by atoms with Crippen LogP contribution >= 0.6 is 11.8 Å². The van der Waals surface area contributed by atoms with Crippen molar-refractivity contribution in [2.75, 3.05) is 13.1 Å². The van der Waals surface area contributed by atoms with Gasteiger partial charge in [-0.25, -0.2) is 0 Å². The molecule has 7 heteroatoms. The van der Waals surface area contributed by atoms with Crippen LogP contribution in [0.3, 0.4) is 0 Å². The predicted octanol–water partition coefficient (Wildman–Crippen LogP) is 3.23. The van der Waals surface area contributed by atoms with Gasteiger partial charge in [-0.05, 0) is 37.6 Å². The van der Waals surface area contributed by atoms with Gasteiger partial charge >= 0.3 is 0 Å². The molecule has 0 bridgehead atoms. The Kier molecular flexibility index (Phi) is 5.67. The van der Waals surface area contributed by atoms with Crippen molar-refractivity contribution in [1.82, 2.24) is 10.6 Å². The highest BCUT2D eigenvalue weighted by Crippen LogP contribution is 2.32. The Morgan fingerprint density at radius 1 is 1.24 bits per heavy atom. The largest absolute Gasteiger partial charge is 0.348 e. The number of carbonyl (C=O) groups excluding carboxylic acids is 1. The molecule has 1 aliphatic rings. The maximum absolute atomic E-state index is 12.7. The minimum atomic E-state index is -0.476. The fourth-order valence-electron chi connectivity index (χ4n) is 2.75. The third-order valence-corrected chi connectivity index (χ3v) is 5.11. The van der Waals surface area contributed by atoms with Gasteiger partial charge in [0.1, 0.15) is 0 Å². The Hall–Kier alpha value is -2.38. The Balaban J connectivity index is 1.86. The summed E-state index contributed by atoms with van der Waals surface area (Å²) in [5.41, 5.74) is 0.262. The van der Waals surface area contributed by atoms with Gasteiger partial charge in [0.05, 0.1) is 10.5 Å². The summed E-state index contributed by atoms with van der Waals surface area (Å²) in [5, 5.41) is 17.3. The van der Waals surface area contributed by atoms with E-state index in [4.69, 9.17) is 0 Å². The van der Waals surface area contributed by atoms with Gasteiger partial charge in [-0.1, -0.05) is 30.0 Å². The molecule has 2 aromatic rings. The highest BCUT2D eigenvalue weighted by molar-refractivity contribution is 7.99. The van der Waals surface area contributed by atoms with Gasteiger partial charge in [0, 0.05) is 34.5 Å². The Bertz CT molecular complexity index is 761. The van der Waals surface area contributed by atoms with Crippen LogP contribution in [-0.4, -0.2) is 30.0 Å². The molecule has 25 heavy (non-hydrogen) atoms. The summed E-state index contributed by atoms with van der Waals surface area (Å²) in [6.07, 6.45) is 1.92. The second-order valence-electron chi connectivity index (χ2n) is 5.87. The molecule has 1 aliphatic heterocycles. The predicted molar refractivity (Wildman–Crippen MR) is 97.0 cm³/mol. The van der Waals surface area contributed by atoms with Crippen LogP contribution in [0.25, 0.3) is 0 Å². The van der Waals surface area contributed by atoms with Gasteiger partial charge in [0.2, 0.25) is 0 Å². The van der Waals surface area contributed by atoms with Crippen molar-refractivity contribution in [3.05, 3.63) is 64.2 Å². The minimum absolute atomic E-state index is 0.0510. The maximum Gasteiger partial charge on any atom is 0.270 e. The number of nitrogens with one attached hydrogen (secondary N) is 2. The fourth-order valence-corrected chi connectivity index (χ4v) is 3.70. The number of rotatable bonds is 5. The molecule has 0 unspecified atom stereocenters. The van der Waals surface area contributed by atoms with Crippen molar-refractivity contribution < 1.29 is 9.72 Å². The number of nitrogens with zero attached hydrogens (tertiary/aromatic N) is 1. The zero-order valence-electron chi connectivity index (χ0n) is 13.6. The van der Waals surface area contributed by atoms with E-state index >= 15 is 0 Å². The molecule has 1 atom stereocenters. The van der Waals surface area contributed by atoms with Gasteiger partial charge in [0.25, 0.3) is 11.6 Å². The highest BCUT2D eigenvalue weighted by Gasteiger charge is 2.21. The van der Waals surface area contributed by atoms with Crippen LogP contribution in [-0.2, 0) is 0 Å². The third-order valence-electron chi connectivity index (χ3n) is 4.02. The van der Waals surface area contributed by atoms with Crippen LogP contribution < -0.4 is 10.6 Å². The van der Waals surface area contributed by atoms with Crippen LogP contribution in [0.2, 0.25) is 0 Å². The van der Waals surface area contributed by atoms with Gasteiger partial charge in [-0.3, -0.25) is 14.9 Å². The van der Waals surface area contributed by atoms with E-state index in [0.717, 1.165) is 30.8 Å². The number of hydrogen-bond acceptors (Lipinski definition) is 5. The Labute approximate surface area is 150 Å². The molecule has 2 N–H and O–H groups in total. The first-order valence-electron chi connectivity index (χ1n) is 8.16. The molecule has 0 aromatic heterocycles. The van der Waals surface area contributed by atoms with Crippen molar-refractivity contribution in [3.63, 3.8) is 0 Å². The van der Waals surface area contributed by atoms with Crippen molar-refractivity contribution >= 4 is 23.4 Å². The third kappa shape index (κ3) is 4.58. The first kappa shape index (κ1) is 17.4. The second-order valence-corrected chi connectivity index (χ2v) is 6.98. The number of piperidine rings is 1. The minimum Gasteiger partial charge on any atom is -0.348 e. The van der Waals surface area contributed by atoms with Crippen LogP contribution in [0.4, 0.5) is 5.69 Å². The lowest BCUT2D eigenvalue weighted by molar-refractivity contribution is -0.384. The van der Waals surface area contributed by atoms with Crippen LogP contribution in [0, 0.1) is 10.1 Å². The molecule has 1 fully saturated rings. The van der Waals surface area contributed by atoms with E-state index in [1.54, 1.807) is 6.07 Å². The number of carbonyl (C=O) groups is 1. The van der Waals surface area contributed by atoms with Gasteiger partial charge in [0.15, 0.2) is 0 Å². The SMILES string of the molecule is O=C(N[C@H]1CCCNC1)c1cc([N+](=O)[O-])ccc1Sc1ccccc1. The molecule has 3 rings (SSSR count). The number of nitro benzene ring substituents is 1. The average molecular weight is 357 g/mol. The molecule has 130 valence electrons. The average Bonchev–Trinajstić information content (AvgIpc) is 2.63. The van der Waals surface area contributed by atoms with E-state index in [1.165, 1.54) is 23.9 Å². The van der Waals surface area contributed by atoms with Crippen molar-refractivity contribution in [2.24, 2.45) is 0 Å². The molecule has 1 saturated heterocycles. The summed E-state index contributed by atoms with van der Waals surface area (Å²) in [7, 11) is 0. The van der Waals surface area contributed by atoms with Gasteiger partial charge < -0.3 is 10.6 Å². The first-order chi connectivity index (χ1) is 12.1. The topological polar surface area (TPSA) is 84.3 Å². The van der Waals surface area contributed by atoms with Crippen LogP contribution in [0.5, 0.6) is 0 Å². The fraction of sp³-hybridized carbons (Fsp3) is 0.278. The number of nitro groups is 1. The number of amides is 1. The molecular weight excluding hydrogens is 338 g/mol. The molecular formula is C18H19N3O3S. The van der Waals surface area contributed by atoms with Gasteiger partial charge in [-0.15, -0.1) is 0 Å². The molecule has 0 radical (unpaired) electrons. The van der Waals surface area contributed by atoms with Crippen LogP contribution in [0.1, 0.15) is 23.2 Å². The Morgan fingerprint density at radius 3 is 2.72 bits per heavy atom. The van der Waals surface area contributed by atoms with E-state index < -0.39 is 4.92 Å². The summed E-state index contributed by atoms with van der Waals surface area (Å²) in [6.45, 7) is 1.68. The lowest BCUT2D eigenvalue weighted by Gasteiger charge is -2.24. The number of benzene rings is 2. The summed E-state index contributed by atoms with van der Waals surface area (Å²) in [6, 6.07) is 14.1. The molecule has 0 spiro atoms. The summed E-state index contributed by atoms with van der Waals surface area (Å²) < 4.78 is 0. The van der Waals surface area contributed by atoms with E-state index in [-0.39, 0.29) is 17.6 Å². The zero-order valence-corrected chi connectivity index (χ0v) is 14.4. The molecule has 1 amide bonds. The standard InChI is InChI=1S/C18H19N3O3S/c22-18(20-13-5-4-10-19-12-13)16-11-14(21(23)24)8-9-17(16)25-15-6-2-1-3-7-15/h1-3,6-9,11,13,19H,4-5,10,12H2,(H,20,22)/t13-/m0/s1. The quantitative estimate of drug-likeness (QED) is 0.634. The number of hydrogen-bond donors (Lipinski definition) is 2. The molecule has 0 aliphatic carbocycles. The monoisotopic (exact) mass is 357 g/mol. The zero-order chi connectivity index (χ0) is 17.6. The molecule has 6 nitrogen and oxygen atoms in total. The molecule has 1 heterocycles. The van der Waals surface area contributed by atoms with E-state index in [0.29, 0.717) is 10.5 Å². The summed E-state index contributed by atoms with van der Waals surface area (Å²) in [5.74, 6) is -0.268. The second kappa shape index (κ2) is 8.13. The maximum atomic E-state index is 12.7. The smallest absolute Gasteiger partial charge is 0.270 e. The normalized spacial score (nSPS) is 17.0. The lowest BCUT2D eigenvalue weighted by Crippen LogP contribution is -2.45. The molecule has 0 saturated carbocycles. The molecule has 2 aromatic carbocycles. The van der Waals surface area contributed by atoms with E-state index in [2.05, 4.69) is 10.6 Å². The van der Waals surface area contributed by atoms with Crippen molar-refractivity contribution in [3.8, 4) is 0 Å². The van der Waals surface area contributed by atoms with Crippen LogP contribution in [0.15, 0.2) is 58.3 Å². The van der Waals surface area contributed by atoms with Crippen molar-refractivity contribution in [2.45, 2.75) is 28.7 Å². The Morgan fingerprint density at radius 2 is 2.04 bits per heavy atom. The van der Waals surface area contributed by atoms with E-state index in [1.807, 2.05) is 30.3 Å².